The molecule has 12 bridgehead atoms. The number of fused-ring (bicyclic) bond motifs is 15. The van der Waals surface area contributed by atoms with Gasteiger partial charge in [0.2, 0.25) is 5.91 Å². The summed E-state index contributed by atoms with van der Waals surface area (Å²) in [6, 6.07) is 0.999. The lowest BCUT2D eigenvalue weighted by molar-refractivity contribution is -0.280. The number of methoxy groups -OCH3 is 1. The maximum absolute atomic E-state index is 15.2. The SMILES string of the molecule is CO/C(C)=C1/NC(=O)[C@H]([C@@H](C)O)NC(=O)c2csc(n2)-c2cc(O)c(-c3nc(CNCc4cncnc4)cs3)nc2-c2csc(n2)[C@@H]2COC(=O)c3c4c5c(cccc5n3O)COC(=O)[C@@H](O[C@H]3C[C@](C)(O)[C@H](N(C)C)[C@H](C)O3)[C@@H](OC4)[C@H](NC(=O)c3csc1n3)c1nc(cs1)C(=O)N2. The molecule has 1 fully saturated rings. The molecule has 36 heteroatoms. The Morgan fingerprint density at radius 3 is 2.26 bits per heavy atom. The fourth-order valence-corrected chi connectivity index (χ4v) is 16.4. The van der Waals surface area contributed by atoms with Gasteiger partial charge in [0.25, 0.3) is 17.7 Å². The molecule has 10 atom stereocenters. The minimum Gasteiger partial charge on any atom is -0.506 e. The predicted octanol–water partition coefficient (Wildman–Crippen LogP) is 5.24. The van der Waals surface area contributed by atoms with Crippen molar-refractivity contribution >= 4 is 109 Å². The van der Waals surface area contributed by atoms with Gasteiger partial charge >= 0.3 is 11.9 Å². The highest BCUT2D eigenvalue weighted by molar-refractivity contribution is 7.14. The van der Waals surface area contributed by atoms with Crippen LogP contribution in [0, 0.1) is 0 Å². The Bertz CT molecular complexity index is 4640. The number of pyridine rings is 1. The number of nitrogens with one attached hydrogen (secondary N) is 5. The lowest BCUT2D eigenvalue weighted by atomic mass is 9.85. The molecule has 9 N–H and O–H groups in total. The van der Waals surface area contributed by atoms with E-state index in [2.05, 4.69) is 46.5 Å². The Balaban J connectivity index is 0.969. The number of allylic oxidation sites excluding steroid dienone is 1. The topological polar surface area (TPSA) is 410 Å². The molecule has 12 heterocycles. The molecule has 0 saturated carbocycles. The first kappa shape index (κ1) is 68.3. The number of nitrogens with zero attached hydrogens (tertiary/aromatic N) is 10. The van der Waals surface area contributed by atoms with Crippen molar-refractivity contribution in [2.24, 2.45) is 0 Å². The normalized spacial score (nSPS) is 24.0. The van der Waals surface area contributed by atoms with Crippen LogP contribution >= 0.6 is 56.7 Å². The molecule has 4 amide bonds. The smallest absolute Gasteiger partial charge is 0.358 e. The van der Waals surface area contributed by atoms with E-state index in [0.29, 0.717) is 34.1 Å². The number of hydrogen-bond acceptors (Lipinski definition) is 31. The molecule has 0 unspecified atom stereocenters. The van der Waals surface area contributed by atoms with Gasteiger partial charge in [0.05, 0.1) is 48.8 Å². The van der Waals surface area contributed by atoms with E-state index in [4.69, 9.17) is 48.4 Å². The molecule has 1 aromatic carbocycles. The zero-order valence-electron chi connectivity index (χ0n) is 53.6. The highest BCUT2D eigenvalue weighted by Crippen LogP contribution is 2.43. The van der Waals surface area contributed by atoms with Gasteiger partial charge in [-0.3, -0.25) is 19.2 Å². The summed E-state index contributed by atoms with van der Waals surface area (Å²) in [6.45, 7) is 5.20. The van der Waals surface area contributed by atoms with Crippen LogP contribution in [0.1, 0.15) is 126 Å². The monoisotopic (exact) mass is 1450 g/mol. The molecular formula is C63H63N15O16S5. The van der Waals surface area contributed by atoms with Gasteiger partial charge < -0.3 is 80.4 Å². The molecule has 31 nitrogen and oxygen atoms in total. The van der Waals surface area contributed by atoms with Gasteiger partial charge in [-0.2, -0.15) is 4.73 Å². The van der Waals surface area contributed by atoms with Gasteiger partial charge in [0, 0.05) is 80.9 Å². The minimum atomic E-state index is -1.89. The molecular weight excluding hydrogens is 1380 g/mol. The zero-order valence-corrected chi connectivity index (χ0v) is 57.7. The van der Waals surface area contributed by atoms with Crippen molar-refractivity contribution in [1.82, 2.24) is 76.1 Å². The van der Waals surface area contributed by atoms with Gasteiger partial charge in [0.15, 0.2) is 18.1 Å². The second-order valence-electron chi connectivity index (χ2n) is 24.0. The van der Waals surface area contributed by atoms with Crippen molar-refractivity contribution in [2.75, 3.05) is 27.8 Å². The number of carbonyl (C=O) groups is 6. The van der Waals surface area contributed by atoms with E-state index in [1.807, 2.05) is 0 Å². The number of aromatic nitrogens is 9. The molecule has 8 aromatic heterocycles. The number of ether oxygens (including phenoxy) is 6. The first-order valence-corrected chi connectivity index (χ1v) is 35.0. The molecule has 0 aliphatic carbocycles. The first-order valence-electron chi connectivity index (χ1n) is 30.6. The Labute approximate surface area is 582 Å². The summed E-state index contributed by atoms with van der Waals surface area (Å²) >= 11 is 5.00. The van der Waals surface area contributed by atoms with Gasteiger partial charge in [0.1, 0.15) is 120 Å². The first-order chi connectivity index (χ1) is 47.5. The Morgan fingerprint density at radius 2 is 1.52 bits per heavy atom. The standard InChI is InChI=1S/C63H63N15O16S5/c1-26(79)43-55(84)75-44(27(2)89-7)58-71-38(24-98-58)54(83)76-47-49-50(94-41-12-63(4,87)51(77(5)6)28(3)93-41)62(86)91-17-30-9-8-10-39-42(30)33(18-90-49)48(78(39)88)61(85)92-19-34(68-52(81)36-23-99-60(47)72-36)57-69-35(21-97-57)45-32(56-70-37(22-96-56)53(82)74-43)11-40(80)46(73-45)59-67-31(20-95-59)16-64-13-29-14-65-25-66-15-29/h8-11,14-15,20-26,28,34,41,43,47,49-51,64,79-80,87-88H,12-13,16-19H2,1-7H3,(H,68,81)(H,74,82)(H,75,84)(H,76,83)/b44-27+/t26-,28+,34+,41+,43+,47+,49+,50+,51-,63+/m1/s1. The molecule has 99 heavy (non-hydrogen) atoms. The average Bonchev–Trinajstić information content (AvgIpc) is 1.65. The average molecular weight is 1450 g/mol. The zero-order chi connectivity index (χ0) is 69.7. The molecule has 4 aliphatic heterocycles. The van der Waals surface area contributed by atoms with Gasteiger partial charge in [-0.05, 0) is 59.5 Å². The van der Waals surface area contributed by atoms with Crippen LogP contribution in [0.2, 0.25) is 0 Å². The van der Waals surface area contributed by atoms with Crippen molar-refractivity contribution in [3.05, 3.63) is 136 Å². The van der Waals surface area contributed by atoms with Crippen LogP contribution in [0.3, 0.4) is 0 Å². The summed E-state index contributed by atoms with van der Waals surface area (Å²) in [5.41, 5.74) is -0.287. The fourth-order valence-electron chi connectivity index (χ4n) is 12.2. The number of esters is 2. The second kappa shape index (κ2) is 28.2. The second-order valence-corrected chi connectivity index (χ2v) is 28.3. The van der Waals surface area contributed by atoms with Crippen LogP contribution in [0.25, 0.3) is 49.3 Å². The van der Waals surface area contributed by atoms with Crippen LogP contribution in [-0.2, 0) is 64.3 Å². The molecule has 13 rings (SSSR count). The number of likely N-dealkylation sites (N-methyl/N-ethyl adjacent to an activating group) is 1. The quantitative estimate of drug-likeness (QED) is 0.0480. The predicted molar refractivity (Wildman–Crippen MR) is 357 cm³/mol. The summed E-state index contributed by atoms with van der Waals surface area (Å²) in [5, 5.41) is 70.1. The molecule has 0 spiro atoms. The van der Waals surface area contributed by atoms with Crippen LogP contribution in [0.5, 0.6) is 5.75 Å². The highest BCUT2D eigenvalue weighted by atomic mass is 32.1. The number of amides is 4. The summed E-state index contributed by atoms with van der Waals surface area (Å²) in [4.78, 5) is 128. The number of cyclic esters (lactones) is 2. The van der Waals surface area contributed by atoms with E-state index >= 15 is 19.2 Å². The fraction of sp³-hybridized carbons (Fsp3) is 0.365. The third-order valence-electron chi connectivity index (χ3n) is 16.8. The number of hydrogen-bond donors (Lipinski definition) is 9. The minimum absolute atomic E-state index is 0.00789. The summed E-state index contributed by atoms with van der Waals surface area (Å²) in [6.07, 6.45) is -2.61. The van der Waals surface area contributed by atoms with Crippen molar-refractivity contribution in [3.63, 3.8) is 0 Å². The Kier molecular flexibility index (Phi) is 19.5. The third-order valence-corrected chi connectivity index (χ3v) is 21.3. The van der Waals surface area contributed by atoms with E-state index in [9.17, 15) is 30.1 Å². The third kappa shape index (κ3) is 13.9. The highest BCUT2D eigenvalue weighted by Gasteiger charge is 2.50. The van der Waals surface area contributed by atoms with E-state index < -0.39 is 122 Å². The van der Waals surface area contributed by atoms with Gasteiger partial charge in [-0.25, -0.2) is 49.5 Å². The van der Waals surface area contributed by atoms with E-state index in [1.54, 1.807) is 68.1 Å². The Morgan fingerprint density at radius 1 is 0.828 bits per heavy atom. The summed E-state index contributed by atoms with van der Waals surface area (Å²) in [5.74, 6) is -5.98. The van der Waals surface area contributed by atoms with Crippen LogP contribution in [0.4, 0.5) is 0 Å². The Hall–Kier alpha value is -9.18. The maximum atomic E-state index is 15.2. The van der Waals surface area contributed by atoms with Crippen molar-refractivity contribution in [1.29, 1.82) is 0 Å². The largest absolute Gasteiger partial charge is 0.506 e. The number of thiazole rings is 5. The van der Waals surface area contributed by atoms with Crippen molar-refractivity contribution in [3.8, 4) is 38.4 Å². The maximum Gasteiger partial charge on any atom is 0.358 e. The number of carbonyl (C=O) groups excluding carboxylic acids is 6. The van der Waals surface area contributed by atoms with Crippen LogP contribution in [0.15, 0.2) is 75.6 Å². The van der Waals surface area contributed by atoms with Crippen molar-refractivity contribution < 1.29 is 77.7 Å². The van der Waals surface area contributed by atoms with Crippen LogP contribution < -0.4 is 26.6 Å². The molecule has 4 aliphatic rings. The molecule has 0 radical (unpaired) electrons. The van der Waals surface area contributed by atoms with Crippen LogP contribution in [-0.4, -0.2) is 182 Å². The molecule has 516 valence electrons. The molecule has 9 aromatic rings. The number of aliphatic hydroxyl groups excluding tert-OH is 1. The van der Waals surface area contributed by atoms with E-state index in [0.717, 1.165) is 50.9 Å². The number of aliphatic hydroxyl groups is 2. The molecule has 1 saturated heterocycles. The number of aromatic hydroxyl groups is 1. The lowest BCUT2D eigenvalue weighted by Gasteiger charge is -2.48. The number of rotatable bonds is 10. The van der Waals surface area contributed by atoms with E-state index in [-0.39, 0.29) is 99.9 Å². The summed E-state index contributed by atoms with van der Waals surface area (Å²) in [7, 11) is 4.89. The van der Waals surface area contributed by atoms with Crippen molar-refractivity contribution in [2.45, 2.75) is 121 Å². The van der Waals surface area contributed by atoms with Gasteiger partial charge in [-0.15, -0.1) is 56.7 Å². The van der Waals surface area contributed by atoms with E-state index in [1.165, 1.54) is 66.9 Å². The van der Waals surface area contributed by atoms with Gasteiger partial charge in [-0.1, -0.05) is 12.1 Å². The lowest BCUT2D eigenvalue weighted by Crippen LogP contribution is -2.62. The summed E-state index contributed by atoms with van der Waals surface area (Å²) < 4.78 is 38.4. The number of benzene rings is 1.